The van der Waals surface area contributed by atoms with Gasteiger partial charge in [0.1, 0.15) is 5.82 Å². The first-order valence-corrected chi connectivity index (χ1v) is 8.38. The van der Waals surface area contributed by atoms with Gasteiger partial charge >= 0.3 is 0 Å². The third kappa shape index (κ3) is 3.77. The van der Waals surface area contributed by atoms with Crippen LogP contribution < -0.4 is 4.90 Å². The lowest BCUT2D eigenvalue weighted by molar-refractivity contribution is -0.118. The number of thiazole rings is 1. The molecule has 3 aromatic rings. The number of benzene rings is 2. The third-order valence-corrected chi connectivity index (χ3v) is 4.64. The molecule has 24 heavy (non-hydrogen) atoms. The predicted octanol–water partition coefficient (Wildman–Crippen LogP) is 3.66. The Labute approximate surface area is 143 Å². The molecule has 4 nitrogen and oxygen atoms in total. The highest BCUT2D eigenvalue weighted by Gasteiger charge is 2.20. The molecule has 0 saturated heterocycles. The zero-order chi connectivity index (χ0) is 16.9. The summed E-state index contributed by atoms with van der Waals surface area (Å²) in [5.41, 5.74) is 1.50. The minimum atomic E-state index is -0.344. The Morgan fingerprint density at radius 2 is 2.08 bits per heavy atom. The number of nitrogens with zero attached hydrogens (tertiary/aromatic N) is 2. The number of ether oxygens (including phenoxy) is 1. The molecule has 2 aromatic carbocycles. The predicted molar refractivity (Wildman–Crippen MR) is 94.0 cm³/mol. The molecule has 1 heterocycles. The first-order chi connectivity index (χ1) is 11.7. The molecule has 6 heteroatoms. The molecule has 0 aliphatic rings. The second-order valence-electron chi connectivity index (χ2n) is 5.31. The summed E-state index contributed by atoms with van der Waals surface area (Å²) >= 11 is 1.46. The van der Waals surface area contributed by atoms with Crippen molar-refractivity contribution in [3.8, 4) is 0 Å². The summed E-state index contributed by atoms with van der Waals surface area (Å²) < 4.78 is 19.5. The lowest BCUT2D eigenvalue weighted by atomic mass is 10.1. The van der Waals surface area contributed by atoms with E-state index in [1.165, 1.54) is 23.5 Å². The van der Waals surface area contributed by atoms with E-state index in [1.54, 1.807) is 24.1 Å². The minimum Gasteiger partial charge on any atom is -0.383 e. The maximum atomic E-state index is 13.3. The zero-order valence-corrected chi connectivity index (χ0v) is 14.1. The largest absolute Gasteiger partial charge is 0.383 e. The number of carbonyl (C=O) groups excluding carboxylic acids is 1. The molecule has 0 radical (unpaired) electrons. The number of carbonyl (C=O) groups is 1. The summed E-state index contributed by atoms with van der Waals surface area (Å²) in [6.07, 6.45) is 0.122. The molecule has 1 aromatic heterocycles. The van der Waals surface area contributed by atoms with Crippen LogP contribution in [0.1, 0.15) is 5.56 Å². The number of rotatable bonds is 6. The monoisotopic (exact) mass is 344 g/mol. The molecule has 3 rings (SSSR count). The normalized spacial score (nSPS) is 10.9. The van der Waals surface area contributed by atoms with Gasteiger partial charge in [0, 0.05) is 7.11 Å². The highest BCUT2D eigenvalue weighted by atomic mass is 32.1. The zero-order valence-electron chi connectivity index (χ0n) is 13.2. The number of halogens is 1. The van der Waals surface area contributed by atoms with E-state index < -0.39 is 0 Å². The maximum Gasteiger partial charge on any atom is 0.233 e. The summed E-state index contributed by atoms with van der Waals surface area (Å²) in [7, 11) is 1.59. The molecular weight excluding hydrogens is 327 g/mol. The summed E-state index contributed by atoms with van der Waals surface area (Å²) in [5, 5.41) is 0.634. The van der Waals surface area contributed by atoms with E-state index in [1.807, 2.05) is 24.3 Å². The molecule has 0 aliphatic carbocycles. The van der Waals surface area contributed by atoms with E-state index in [4.69, 9.17) is 4.74 Å². The Balaban J connectivity index is 1.86. The Morgan fingerprint density at radius 1 is 1.25 bits per heavy atom. The number of methoxy groups -OCH3 is 1. The van der Waals surface area contributed by atoms with Gasteiger partial charge in [0.15, 0.2) is 5.13 Å². The van der Waals surface area contributed by atoms with E-state index >= 15 is 0 Å². The van der Waals surface area contributed by atoms with Gasteiger partial charge in [-0.25, -0.2) is 9.37 Å². The van der Waals surface area contributed by atoms with Crippen LogP contribution in [0, 0.1) is 5.82 Å². The van der Waals surface area contributed by atoms with Gasteiger partial charge in [-0.05, 0) is 29.8 Å². The second kappa shape index (κ2) is 7.51. The van der Waals surface area contributed by atoms with Crippen molar-refractivity contribution in [2.45, 2.75) is 6.42 Å². The van der Waals surface area contributed by atoms with Crippen molar-refractivity contribution in [3.63, 3.8) is 0 Å². The average Bonchev–Trinajstić information content (AvgIpc) is 2.99. The van der Waals surface area contributed by atoms with E-state index in [-0.39, 0.29) is 18.1 Å². The lowest BCUT2D eigenvalue weighted by Gasteiger charge is -2.19. The number of hydrogen-bond donors (Lipinski definition) is 0. The quantitative estimate of drug-likeness (QED) is 0.685. The van der Waals surface area contributed by atoms with Crippen LogP contribution in [-0.2, 0) is 16.0 Å². The van der Waals surface area contributed by atoms with Gasteiger partial charge in [0.2, 0.25) is 5.91 Å². The molecular formula is C18H17FN2O2S. The molecule has 0 aliphatic heterocycles. The van der Waals surface area contributed by atoms with E-state index in [9.17, 15) is 9.18 Å². The van der Waals surface area contributed by atoms with Gasteiger partial charge < -0.3 is 4.74 Å². The van der Waals surface area contributed by atoms with Gasteiger partial charge in [-0.1, -0.05) is 35.6 Å². The van der Waals surface area contributed by atoms with Crippen molar-refractivity contribution < 1.29 is 13.9 Å². The third-order valence-electron chi connectivity index (χ3n) is 3.58. The van der Waals surface area contributed by atoms with Crippen molar-refractivity contribution in [1.82, 2.24) is 4.98 Å². The van der Waals surface area contributed by atoms with E-state index in [0.29, 0.717) is 23.8 Å². The van der Waals surface area contributed by atoms with Crippen LogP contribution in [0.4, 0.5) is 9.52 Å². The minimum absolute atomic E-state index is 0.122. The van der Waals surface area contributed by atoms with Crippen molar-refractivity contribution in [2.75, 3.05) is 25.2 Å². The fourth-order valence-electron chi connectivity index (χ4n) is 2.40. The fraction of sp³-hybridized carbons (Fsp3) is 0.222. The number of aromatic nitrogens is 1. The van der Waals surface area contributed by atoms with E-state index in [2.05, 4.69) is 4.98 Å². The second-order valence-corrected chi connectivity index (χ2v) is 6.32. The number of para-hydroxylation sites is 1. The van der Waals surface area contributed by atoms with Crippen LogP contribution in [0.5, 0.6) is 0 Å². The molecule has 0 N–H and O–H groups in total. The Bertz CT molecular complexity index is 817. The van der Waals surface area contributed by atoms with Crippen molar-refractivity contribution in [3.05, 3.63) is 59.9 Å². The molecule has 0 saturated carbocycles. The lowest BCUT2D eigenvalue weighted by Crippen LogP contribution is -2.35. The SMILES string of the molecule is COCCN(C(=O)Cc1cccc(F)c1)c1nc2ccccc2s1. The first-order valence-electron chi connectivity index (χ1n) is 7.56. The molecule has 0 atom stereocenters. The number of fused-ring (bicyclic) bond motifs is 1. The van der Waals surface area contributed by atoms with Crippen LogP contribution in [0.3, 0.4) is 0 Å². The van der Waals surface area contributed by atoms with Gasteiger partial charge in [-0.15, -0.1) is 0 Å². The summed E-state index contributed by atoms with van der Waals surface area (Å²) in [6.45, 7) is 0.815. The summed E-state index contributed by atoms with van der Waals surface area (Å²) in [5.74, 6) is -0.472. The maximum absolute atomic E-state index is 13.3. The Hall–Kier alpha value is -2.31. The molecule has 1 amide bonds. The molecule has 0 fully saturated rings. The summed E-state index contributed by atoms with van der Waals surface area (Å²) in [6, 6.07) is 13.8. The average molecular weight is 344 g/mol. The Kier molecular flexibility index (Phi) is 5.17. The topological polar surface area (TPSA) is 42.4 Å². The van der Waals surface area contributed by atoms with Crippen molar-refractivity contribution >= 4 is 32.6 Å². The van der Waals surface area contributed by atoms with Crippen molar-refractivity contribution in [1.29, 1.82) is 0 Å². The van der Waals surface area contributed by atoms with Crippen LogP contribution in [0.15, 0.2) is 48.5 Å². The summed E-state index contributed by atoms with van der Waals surface area (Å²) in [4.78, 5) is 18.9. The number of hydrogen-bond acceptors (Lipinski definition) is 4. The van der Waals surface area contributed by atoms with Crippen LogP contribution in [-0.4, -0.2) is 31.2 Å². The Morgan fingerprint density at radius 3 is 2.83 bits per heavy atom. The van der Waals surface area contributed by atoms with Crippen LogP contribution >= 0.6 is 11.3 Å². The fourth-order valence-corrected chi connectivity index (χ4v) is 3.41. The number of amides is 1. The molecule has 0 bridgehead atoms. The van der Waals surface area contributed by atoms with Crippen LogP contribution in [0.25, 0.3) is 10.2 Å². The van der Waals surface area contributed by atoms with Gasteiger partial charge in [-0.3, -0.25) is 9.69 Å². The van der Waals surface area contributed by atoms with Gasteiger partial charge in [-0.2, -0.15) is 0 Å². The van der Waals surface area contributed by atoms with E-state index in [0.717, 1.165) is 10.2 Å². The smallest absolute Gasteiger partial charge is 0.233 e. The molecule has 0 unspecified atom stereocenters. The number of anilines is 1. The first kappa shape index (κ1) is 16.5. The standard InChI is InChI=1S/C18H17FN2O2S/c1-23-10-9-21(17(22)12-13-5-4-6-14(19)11-13)18-20-15-7-2-3-8-16(15)24-18/h2-8,11H,9-10,12H2,1H3. The highest BCUT2D eigenvalue weighted by molar-refractivity contribution is 7.22. The molecule has 124 valence electrons. The molecule has 0 spiro atoms. The van der Waals surface area contributed by atoms with Crippen LogP contribution in [0.2, 0.25) is 0 Å². The van der Waals surface area contributed by atoms with Gasteiger partial charge in [0.05, 0.1) is 29.8 Å². The van der Waals surface area contributed by atoms with Gasteiger partial charge in [0.25, 0.3) is 0 Å². The highest BCUT2D eigenvalue weighted by Crippen LogP contribution is 2.29. The van der Waals surface area contributed by atoms with Crippen molar-refractivity contribution in [2.24, 2.45) is 0 Å².